The van der Waals surface area contributed by atoms with Gasteiger partial charge < -0.3 is 20.9 Å². The van der Waals surface area contributed by atoms with E-state index in [9.17, 15) is 14.7 Å². The molecular formula is C15H22N2O4. The number of hydrogen-bond acceptors (Lipinski definition) is 5. The van der Waals surface area contributed by atoms with Gasteiger partial charge in [0.15, 0.2) is 5.78 Å². The zero-order valence-electron chi connectivity index (χ0n) is 12.4. The molecule has 116 valence electrons. The first-order valence-corrected chi connectivity index (χ1v) is 6.93. The Morgan fingerprint density at radius 2 is 2.14 bits per heavy atom. The van der Waals surface area contributed by atoms with E-state index in [1.807, 2.05) is 6.92 Å². The van der Waals surface area contributed by atoms with Crippen LogP contribution in [0.1, 0.15) is 37.0 Å². The first kappa shape index (κ1) is 17.1. The summed E-state index contributed by atoms with van der Waals surface area (Å²) in [5.41, 5.74) is 6.20. The van der Waals surface area contributed by atoms with Crippen LogP contribution in [-0.4, -0.2) is 36.1 Å². The van der Waals surface area contributed by atoms with Crippen LogP contribution in [-0.2, 0) is 4.79 Å². The molecule has 0 radical (unpaired) electrons. The van der Waals surface area contributed by atoms with E-state index in [2.05, 4.69) is 5.32 Å². The monoisotopic (exact) mass is 294 g/mol. The van der Waals surface area contributed by atoms with Crippen molar-refractivity contribution in [2.45, 2.75) is 32.8 Å². The molecule has 0 aromatic heterocycles. The lowest BCUT2D eigenvalue weighted by atomic mass is 10.1. The fourth-order valence-corrected chi connectivity index (χ4v) is 1.71. The highest BCUT2D eigenvalue weighted by atomic mass is 16.5. The summed E-state index contributed by atoms with van der Waals surface area (Å²) in [5.74, 6) is 0.0848. The van der Waals surface area contributed by atoms with E-state index in [1.165, 1.54) is 6.92 Å². The number of ketones is 1. The van der Waals surface area contributed by atoms with Gasteiger partial charge in [-0.1, -0.05) is 6.92 Å². The van der Waals surface area contributed by atoms with Crippen LogP contribution in [0, 0.1) is 0 Å². The van der Waals surface area contributed by atoms with Gasteiger partial charge in [-0.25, -0.2) is 0 Å². The van der Waals surface area contributed by atoms with Crippen molar-refractivity contribution in [3.05, 3.63) is 23.8 Å². The summed E-state index contributed by atoms with van der Waals surface area (Å²) < 4.78 is 5.40. The van der Waals surface area contributed by atoms with E-state index in [0.29, 0.717) is 23.4 Å². The number of aliphatic hydroxyl groups is 1. The first-order chi connectivity index (χ1) is 9.97. The Balaban J connectivity index is 2.86. The van der Waals surface area contributed by atoms with Crippen molar-refractivity contribution in [1.82, 2.24) is 0 Å². The van der Waals surface area contributed by atoms with Crippen molar-refractivity contribution in [3.8, 4) is 5.75 Å². The number of rotatable bonds is 8. The average molecular weight is 294 g/mol. The predicted octanol–water partition coefficient (Wildman–Crippen LogP) is 1.33. The van der Waals surface area contributed by atoms with Crippen molar-refractivity contribution in [1.29, 1.82) is 0 Å². The smallest absolute Gasteiger partial charge is 0.224 e. The van der Waals surface area contributed by atoms with E-state index in [-0.39, 0.29) is 24.8 Å². The fraction of sp³-hybridized carbons (Fsp3) is 0.467. The van der Waals surface area contributed by atoms with Gasteiger partial charge in [0.25, 0.3) is 0 Å². The number of aliphatic hydroxyl groups excluding tert-OH is 1. The van der Waals surface area contributed by atoms with Gasteiger partial charge in [-0.2, -0.15) is 0 Å². The Labute approximate surface area is 124 Å². The molecule has 0 heterocycles. The summed E-state index contributed by atoms with van der Waals surface area (Å²) in [7, 11) is 0. The molecule has 0 aliphatic carbocycles. The molecule has 0 fully saturated rings. The first-order valence-electron chi connectivity index (χ1n) is 6.93. The van der Waals surface area contributed by atoms with Crippen molar-refractivity contribution < 1.29 is 19.4 Å². The third kappa shape index (κ3) is 5.53. The van der Waals surface area contributed by atoms with Crippen LogP contribution in [0.5, 0.6) is 5.75 Å². The lowest BCUT2D eigenvalue weighted by molar-refractivity contribution is -0.116. The summed E-state index contributed by atoms with van der Waals surface area (Å²) in [6.07, 6.45) is 0.397. The molecule has 6 nitrogen and oxygen atoms in total. The van der Waals surface area contributed by atoms with Gasteiger partial charge in [0, 0.05) is 18.7 Å². The van der Waals surface area contributed by atoms with Crippen LogP contribution in [0.25, 0.3) is 0 Å². The second-order valence-electron chi connectivity index (χ2n) is 4.77. The molecule has 1 unspecified atom stereocenters. The Kier molecular flexibility index (Phi) is 6.84. The minimum atomic E-state index is -0.784. The lowest BCUT2D eigenvalue weighted by Gasteiger charge is -2.14. The van der Waals surface area contributed by atoms with Crippen LogP contribution < -0.4 is 15.8 Å². The predicted molar refractivity (Wildman–Crippen MR) is 80.5 cm³/mol. The average Bonchev–Trinajstić information content (AvgIpc) is 2.45. The lowest BCUT2D eigenvalue weighted by Crippen LogP contribution is -2.27. The van der Waals surface area contributed by atoms with Crippen LogP contribution in [0.15, 0.2) is 18.2 Å². The standard InChI is InChI=1S/C15H22N2O4/c1-3-4-15(20)17-11-5-6-14(13(7-11)10(2)18)21-9-12(19)8-16/h5-7,12,19H,3-4,8-9,16H2,1-2H3,(H,17,20). The molecular weight excluding hydrogens is 272 g/mol. The third-order valence-electron chi connectivity index (χ3n) is 2.82. The Bertz CT molecular complexity index is 502. The molecule has 1 aromatic carbocycles. The van der Waals surface area contributed by atoms with Crippen LogP contribution in [0.3, 0.4) is 0 Å². The summed E-state index contributed by atoms with van der Waals surface area (Å²) in [4.78, 5) is 23.2. The molecule has 1 atom stereocenters. The zero-order valence-corrected chi connectivity index (χ0v) is 12.4. The van der Waals surface area contributed by atoms with Gasteiger partial charge in [-0.05, 0) is 31.5 Å². The van der Waals surface area contributed by atoms with Crippen LogP contribution >= 0.6 is 0 Å². The van der Waals surface area contributed by atoms with E-state index >= 15 is 0 Å². The third-order valence-corrected chi connectivity index (χ3v) is 2.82. The molecule has 1 rings (SSSR count). The van der Waals surface area contributed by atoms with Gasteiger partial charge in [-0.3, -0.25) is 9.59 Å². The maximum atomic E-state index is 11.7. The minimum Gasteiger partial charge on any atom is -0.490 e. The molecule has 0 saturated heterocycles. The number of amides is 1. The second kappa shape index (κ2) is 8.39. The highest BCUT2D eigenvalue weighted by molar-refractivity contribution is 5.99. The molecule has 1 aromatic rings. The fourth-order valence-electron chi connectivity index (χ4n) is 1.71. The Morgan fingerprint density at radius 3 is 2.71 bits per heavy atom. The van der Waals surface area contributed by atoms with Crippen molar-refractivity contribution in [2.24, 2.45) is 5.73 Å². The topological polar surface area (TPSA) is 102 Å². The van der Waals surface area contributed by atoms with Crippen molar-refractivity contribution in [2.75, 3.05) is 18.5 Å². The van der Waals surface area contributed by atoms with Gasteiger partial charge in [-0.15, -0.1) is 0 Å². The number of carbonyl (C=O) groups is 2. The van der Waals surface area contributed by atoms with Gasteiger partial charge in [0.2, 0.25) is 5.91 Å². The van der Waals surface area contributed by atoms with E-state index in [0.717, 1.165) is 6.42 Å². The molecule has 4 N–H and O–H groups in total. The summed E-state index contributed by atoms with van der Waals surface area (Å²) in [5, 5.41) is 12.1. The number of nitrogens with one attached hydrogen (secondary N) is 1. The minimum absolute atomic E-state index is 0.0122. The largest absolute Gasteiger partial charge is 0.490 e. The Morgan fingerprint density at radius 1 is 1.43 bits per heavy atom. The number of nitrogens with two attached hydrogens (primary N) is 1. The number of carbonyl (C=O) groups excluding carboxylic acids is 2. The molecule has 0 spiro atoms. The van der Waals surface area contributed by atoms with Gasteiger partial charge >= 0.3 is 0 Å². The van der Waals surface area contributed by atoms with Crippen LogP contribution in [0.2, 0.25) is 0 Å². The van der Waals surface area contributed by atoms with E-state index in [1.54, 1.807) is 18.2 Å². The van der Waals surface area contributed by atoms with E-state index < -0.39 is 6.10 Å². The molecule has 21 heavy (non-hydrogen) atoms. The highest BCUT2D eigenvalue weighted by Gasteiger charge is 2.12. The number of benzene rings is 1. The van der Waals surface area contributed by atoms with Gasteiger partial charge in [0.05, 0.1) is 5.56 Å². The summed E-state index contributed by atoms with van der Waals surface area (Å²) >= 11 is 0. The van der Waals surface area contributed by atoms with E-state index in [4.69, 9.17) is 10.5 Å². The Hall–Kier alpha value is -1.92. The number of Topliss-reactive ketones (excluding diaryl/α,β-unsaturated/α-hetero) is 1. The molecule has 0 saturated carbocycles. The molecule has 0 aliphatic rings. The summed E-state index contributed by atoms with van der Waals surface area (Å²) in [6.45, 7) is 3.43. The van der Waals surface area contributed by atoms with Crippen LogP contribution in [0.4, 0.5) is 5.69 Å². The zero-order chi connectivity index (χ0) is 15.8. The molecule has 6 heteroatoms. The normalized spacial score (nSPS) is 11.8. The summed E-state index contributed by atoms with van der Waals surface area (Å²) in [6, 6.07) is 4.83. The van der Waals surface area contributed by atoms with Crippen molar-refractivity contribution >= 4 is 17.4 Å². The molecule has 0 bridgehead atoms. The SMILES string of the molecule is CCCC(=O)Nc1ccc(OCC(O)CN)c(C(C)=O)c1. The van der Waals surface area contributed by atoms with Crippen molar-refractivity contribution in [3.63, 3.8) is 0 Å². The number of ether oxygens (including phenoxy) is 1. The molecule has 0 aliphatic heterocycles. The molecule has 1 amide bonds. The quantitative estimate of drug-likeness (QED) is 0.628. The highest BCUT2D eigenvalue weighted by Crippen LogP contribution is 2.24. The maximum Gasteiger partial charge on any atom is 0.224 e. The number of anilines is 1. The number of hydrogen-bond donors (Lipinski definition) is 3. The second-order valence-corrected chi connectivity index (χ2v) is 4.77. The van der Waals surface area contributed by atoms with Gasteiger partial charge in [0.1, 0.15) is 18.5 Å². The maximum absolute atomic E-state index is 11.7.